The molecule has 1 heterocycles. The quantitative estimate of drug-likeness (QED) is 0.908. The molecule has 0 aromatic heterocycles. The number of benzene rings is 1. The van der Waals surface area contributed by atoms with Gasteiger partial charge in [0, 0.05) is 6.54 Å². The molecular formula is C17H25FN2O3. The van der Waals surface area contributed by atoms with Gasteiger partial charge in [-0.15, -0.1) is 0 Å². The normalized spacial score (nSPS) is 20.3. The van der Waals surface area contributed by atoms with Crippen LogP contribution < -0.4 is 5.73 Å². The highest BCUT2D eigenvalue weighted by atomic mass is 19.1. The number of amides is 1. The van der Waals surface area contributed by atoms with E-state index in [0.717, 1.165) is 11.1 Å². The van der Waals surface area contributed by atoms with Crippen LogP contribution in [0.5, 0.6) is 0 Å². The Morgan fingerprint density at radius 1 is 1.48 bits per heavy atom. The summed E-state index contributed by atoms with van der Waals surface area (Å²) in [4.78, 5) is 14.0. The second kappa shape index (κ2) is 6.84. The molecule has 1 aromatic carbocycles. The number of halogens is 1. The van der Waals surface area contributed by atoms with E-state index in [0.29, 0.717) is 19.8 Å². The maximum Gasteiger partial charge on any atom is 0.410 e. The second-order valence-electron chi connectivity index (χ2n) is 6.84. The molecule has 1 aromatic rings. The summed E-state index contributed by atoms with van der Waals surface area (Å²) in [5.41, 5.74) is 7.35. The van der Waals surface area contributed by atoms with E-state index in [2.05, 4.69) is 0 Å². The summed E-state index contributed by atoms with van der Waals surface area (Å²) in [6, 6.07) is 3.67. The van der Waals surface area contributed by atoms with Gasteiger partial charge >= 0.3 is 6.09 Å². The van der Waals surface area contributed by atoms with Crippen molar-refractivity contribution in [3.63, 3.8) is 0 Å². The van der Waals surface area contributed by atoms with Crippen LogP contribution in [0.25, 0.3) is 0 Å². The molecule has 1 aliphatic rings. The van der Waals surface area contributed by atoms with E-state index in [1.807, 2.05) is 20.8 Å². The Morgan fingerprint density at radius 2 is 2.17 bits per heavy atom. The van der Waals surface area contributed by atoms with Crippen LogP contribution in [-0.4, -0.2) is 42.4 Å². The van der Waals surface area contributed by atoms with Gasteiger partial charge in [-0.1, -0.05) is 6.07 Å². The van der Waals surface area contributed by atoms with Gasteiger partial charge in [0.15, 0.2) is 0 Å². The molecule has 2 rings (SSSR count). The fraction of sp³-hybridized carbons (Fsp3) is 0.588. The lowest BCUT2D eigenvalue weighted by Gasteiger charge is -2.39. The molecule has 128 valence electrons. The van der Waals surface area contributed by atoms with Gasteiger partial charge in [0.25, 0.3) is 0 Å². The summed E-state index contributed by atoms with van der Waals surface area (Å²) in [5, 5.41) is 0. The van der Waals surface area contributed by atoms with Gasteiger partial charge in [-0.25, -0.2) is 9.18 Å². The van der Waals surface area contributed by atoms with Crippen molar-refractivity contribution in [3.05, 3.63) is 35.1 Å². The van der Waals surface area contributed by atoms with Crippen LogP contribution in [0.1, 0.15) is 37.9 Å². The van der Waals surface area contributed by atoms with E-state index in [1.165, 1.54) is 12.1 Å². The number of rotatable bonds is 2. The van der Waals surface area contributed by atoms with Crippen molar-refractivity contribution < 1.29 is 18.7 Å². The molecule has 1 amide bonds. The van der Waals surface area contributed by atoms with Crippen LogP contribution in [0.3, 0.4) is 0 Å². The Hall–Kier alpha value is -1.66. The van der Waals surface area contributed by atoms with Crippen molar-refractivity contribution in [2.75, 3.05) is 19.8 Å². The monoisotopic (exact) mass is 324 g/mol. The summed E-state index contributed by atoms with van der Waals surface area (Å²) >= 11 is 0. The molecule has 2 N–H and O–H groups in total. The van der Waals surface area contributed by atoms with Gasteiger partial charge in [0.2, 0.25) is 0 Å². The van der Waals surface area contributed by atoms with Crippen LogP contribution >= 0.6 is 0 Å². The zero-order valence-electron chi connectivity index (χ0n) is 14.1. The summed E-state index contributed by atoms with van der Waals surface area (Å²) in [5.74, 6) is -0.303. The molecule has 2 atom stereocenters. The number of hydrogen-bond acceptors (Lipinski definition) is 4. The first-order valence-corrected chi connectivity index (χ1v) is 7.78. The van der Waals surface area contributed by atoms with E-state index in [4.69, 9.17) is 15.2 Å². The highest BCUT2D eigenvalue weighted by Crippen LogP contribution is 2.26. The molecule has 0 radical (unpaired) electrons. The summed E-state index contributed by atoms with van der Waals surface area (Å²) in [6.07, 6.45) is -0.402. The number of ether oxygens (including phenoxy) is 2. The molecule has 5 nitrogen and oxygen atoms in total. The smallest absolute Gasteiger partial charge is 0.410 e. The molecule has 1 aliphatic heterocycles. The Bertz CT molecular complexity index is 571. The summed E-state index contributed by atoms with van der Waals surface area (Å²) < 4.78 is 24.2. The molecule has 1 fully saturated rings. The van der Waals surface area contributed by atoms with Crippen LogP contribution in [0.15, 0.2) is 18.2 Å². The zero-order valence-corrected chi connectivity index (χ0v) is 14.1. The second-order valence-corrected chi connectivity index (χ2v) is 6.84. The fourth-order valence-corrected chi connectivity index (χ4v) is 2.69. The number of aryl methyl sites for hydroxylation is 1. The minimum Gasteiger partial charge on any atom is -0.444 e. The molecular weight excluding hydrogens is 299 g/mol. The molecule has 0 aliphatic carbocycles. The number of nitrogens with two attached hydrogens (primary N) is 1. The number of hydrogen-bond donors (Lipinski definition) is 1. The van der Waals surface area contributed by atoms with Crippen LogP contribution in [0.2, 0.25) is 0 Å². The van der Waals surface area contributed by atoms with Crippen molar-refractivity contribution in [1.82, 2.24) is 4.90 Å². The predicted molar refractivity (Wildman–Crippen MR) is 85.6 cm³/mol. The Balaban J connectivity index is 2.21. The first kappa shape index (κ1) is 17.7. The molecule has 6 heteroatoms. The molecule has 23 heavy (non-hydrogen) atoms. The lowest BCUT2D eigenvalue weighted by atomic mass is 9.95. The SMILES string of the molecule is Cc1cc(F)ccc1C(N)C1COCCN1C(=O)OC(C)(C)C. The van der Waals surface area contributed by atoms with Gasteiger partial charge < -0.3 is 15.2 Å². The van der Waals surface area contributed by atoms with Crippen LogP contribution in [0, 0.1) is 12.7 Å². The number of carbonyl (C=O) groups excluding carboxylic acids is 1. The average Bonchev–Trinajstić information content (AvgIpc) is 2.45. The van der Waals surface area contributed by atoms with Gasteiger partial charge in [-0.05, 0) is 51.0 Å². The van der Waals surface area contributed by atoms with Gasteiger partial charge in [-0.2, -0.15) is 0 Å². The molecule has 0 saturated carbocycles. The lowest BCUT2D eigenvalue weighted by molar-refractivity contribution is -0.0382. The summed E-state index contributed by atoms with van der Waals surface area (Å²) in [6.45, 7) is 8.48. The fourth-order valence-electron chi connectivity index (χ4n) is 2.69. The first-order valence-electron chi connectivity index (χ1n) is 7.78. The van der Waals surface area contributed by atoms with Crippen LogP contribution in [-0.2, 0) is 9.47 Å². The van der Waals surface area contributed by atoms with Crippen LogP contribution in [0.4, 0.5) is 9.18 Å². The van der Waals surface area contributed by atoms with E-state index < -0.39 is 17.7 Å². The third-order valence-electron chi connectivity index (χ3n) is 3.80. The molecule has 1 saturated heterocycles. The average molecular weight is 324 g/mol. The number of nitrogens with zero attached hydrogens (tertiary/aromatic N) is 1. The zero-order chi connectivity index (χ0) is 17.2. The first-order chi connectivity index (χ1) is 10.7. The van der Waals surface area contributed by atoms with Gasteiger partial charge in [-0.3, -0.25) is 4.90 Å². The Labute approximate surface area is 136 Å². The minimum atomic E-state index is -0.574. The lowest BCUT2D eigenvalue weighted by Crippen LogP contribution is -2.54. The third kappa shape index (κ3) is 4.42. The van der Waals surface area contributed by atoms with E-state index in [9.17, 15) is 9.18 Å². The third-order valence-corrected chi connectivity index (χ3v) is 3.80. The number of carbonyl (C=O) groups is 1. The van der Waals surface area contributed by atoms with Crippen molar-refractivity contribution in [2.45, 2.75) is 45.4 Å². The molecule has 2 unspecified atom stereocenters. The number of morpholine rings is 1. The van der Waals surface area contributed by atoms with Crippen molar-refractivity contribution in [3.8, 4) is 0 Å². The highest BCUT2D eigenvalue weighted by Gasteiger charge is 2.35. The minimum absolute atomic E-state index is 0.303. The van der Waals surface area contributed by atoms with Gasteiger partial charge in [0.05, 0.1) is 25.3 Å². The van der Waals surface area contributed by atoms with Gasteiger partial charge in [0.1, 0.15) is 11.4 Å². The Morgan fingerprint density at radius 3 is 2.78 bits per heavy atom. The standard InChI is InChI=1S/C17H25FN2O3/c1-11-9-12(18)5-6-13(11)15(19)14-10-22-8-7-20(14)16(21)23-17(2,3)4/h5-6,9,14-15H,7-8,10,19H2,1-4H3. The van der Waals surface area contributed by atoms with E-state index in [1.54, 1.807) is 17.9 Å². The molecule has 0 spiro atoms. The predicted octanol–water partition coefficient (Wildman–Crippen LogP) is 2.77. The van der Waals surface area contributed by atoms with Crippen molar-refractivity contribution >= 4 is 6.09 Å². The highest BCUT2D eigenvalue weighted by molar-refractivity contribution is 5.69. The Kier molecular flexibility index (Phi) is 5.26. The van der Waals surface area contributed by atoms with E-state index >= 15 is 0 Å². The maximum absolute atomic E-state index is 13.3. The maximum atomic E-state index is 13.3. The van der Waals surface area contributed by atoms with E-state index in [-0.39, 0.29) is 11.9 Å². The van der Waals surface area contributed by atoms with Crippen molar-refractivity contribution in [2.24, 2.45) is 5.73 Å². The summed E-state index contributed by atoms with van der Waals surface area (Å²) in [7, 11) is 0. The largest absolute Gasteiger partial charge is 0.444 e. The molecule has 0 bridgehead atoms. The van der Waals surface area contributed by atoms with Crippen molar-refractivity contribution in [1.29, 1.82) is 0 Å². The topological polar surface area (TPSA) is 64.8 Å².